The molecule has 6 heteroatoms. The van der Waals surface area contributed by atoms with Crippen molar-refractivity contribution in [3.05, 3.63) is 16.1 Å². The third-order valence-electron chi connectivity index (χ3n) is 3.31. The highest BCUT2D eigenvalue weighted by atomic mass is 127. The Morgan fingerprint density at radius 3 is 2.52 bits per heavy atom. The molecule has 4 nitrogen and oxygen atoms in total. The second-order valence-corrected chi connectivity index (χ2v) is 6.26. The number of guanidine groups is 1. The van der Waals surface area contributed by atoms with Crippen molar-refractivity contribution in [3.63, 3.8) is 0 Å². The molecule has 1 aromatic rings. The highest BCUT2D eigenvalue weighted by Gasteiger charge is 2.04. The molecule has 0 spiro atoms. The van der Waals surface area contributed by atoms with E-state index >= 15 is 0 Å². The number of rotatable bonds is 8. The Balaban J connectivity index is 0.00000400. The van der Waals surface area contributed by atoms with Gasteiger partial charge in [0.2, 0.25) is 0 Å². The van der Waals surface area contributed by atoms with Gasteiger partial charge in [0, 0.05) is 37.1 Å². The molecule has 0 aliphatic heterocycles. The monoisotopic (exact) mass is 424 g/mol. The first kappa shape index (κ1) is 20.6. The van der Waals surface area contributed by atoms with Gasteiger partial charge in [-0.3, -0.25) is 4.99 Å². The van der Waals surface area contributed by atoms with Gasteiger partial charge >= 0.3 is 0 Å². The molecular weight excluding hydrogens is 395 g/mol. The molecule has 0 radical (unpaired) electrons. The molecule has 0 aliphatic rings. The molecule has 1 rings (SSSR count). The molecule has 0 atom stereocenters. The van der Waals surface area contributed by atoms with Gasteiger partial charge in [-0.05, 0) is 19.8 Å². The molecule has 1 aromatic heterocycles. The Labute approximate surface area is 150 Å². The lowest BCUT2D eigenvalue weighted by atomic mass is 10.0. The molecular formula is C15H29IN4S. The fraction of sp³-hybridized carbons (Fsp3) is 0.733. The number of halogens is 1. The Morgan fingerprint density at radius 1 is 1.29 bits per heavy atom. The summed E-state index contributed by atoms with van der Waals surface area (Å²) in [5.74, 6) is 1.61. The van der Waals surface area contributed by atoms with Crippen molar-refractivity contribution in [2.45, 2.75) is 47.0 Å². The van der Waals surface area contributed by atoms with E-state index in [0.717, 1.165) is 32.0 Å². The summed E-state index contributed by atoms with van der Waals surface area (Å²) in [6.45, 7) is 11.3. The summed E-state index contributed by atoms with van der Waals surface area (Å²) in [6, 6.07) is 0. The van der Waals surface area contributed by atoms with Crippen LogP contribution in [0.3, 0.4) is 0 Å². The zero-order valence-electron chi connectivity index (χ0n) is 13.6. The van der Waals surface area contributed by atoms with Crippen molar-refractivity contribution in [1.82, 2.24) is 15.6 Å². The summed E-state index contributed by atoms with van der Waals surface area (Å²) in [6.07, 6.45) is 5.27. The van der Waals surface area contributed by atoms with E-state index in [2.05, 4.69) is 48.3 Å². The summed E-state index contributed by atoms with van der Waals surface area (Å²) in [4.78, 5) is 10.3. The molecule has 122 valence electrons. The van der Waals surface area contributed by atoms with E-state index in [1.807, 2.05) is 6.20 Å². The fourth-order valence-corrected chi connectivity index (χ4v) is 2.70. The Kier molecular flexibility index (Phi) is 12.0. The molecule has 0 aromatic carbocycles. The highest BCUT2D eigenvalue weighted by Crippen LogP contribution is 2.11. The van der Waals surface area contributed by atoms with Gasteiger partial charge in [-0.25, -0.2) is 4.98 Å². The van der Waals surface area contributed by atoms with Crippen molar-refractivity contribution >= 4 is 41.3 Å². The third kappa shape index (κ3) is 8.60. The molecule has 0 bridgehead atoms. The average molecular weight is 424 g/mol. The Hall–Kier alpha value is -0.370. The van der Waals surface area contributed by atoms with Crippen LogP contribution in [0.1, 0.15) is 43.5 Å². The zero-order chi connectivity index (χ0) is 14.8. The van der Waals surface area contributed by atoms with Crippen LogP contribution in [0.25, 0.3) is 0 Å². The van der Waals surface area contributed by atoms with Crippen LogP contribution in [0.2, 0.25) is 0 Å². The van der Waals surface area contributed by atoms with Crippen LogP contribution in [0.4, 0.5) is 0 Å². The molecule has 0 saturated carbocycles. The van der Waals surface area contributed by atoms with Gasteiger partial charge in [0.05, 0.1) is 5.01 Å². The molecule has 0 fully saturated rings. The number of hydrogen-bond donors (Lipinski definition) is 2. The number of nitrogens with one attached hydrogen (secondary N) is 2. The van der Waals surface area contributed by atoms with E-state index in [-0.39, 0.29) is 24.0 Å². The molecule has 0 amide bonds. The average Bonchev–Trinajstić information content (AvgIpc) is 2.85. The largest absolute Gasteiger partial charge is 0.357 e. The minimum Gasteiger partial charge on any atom is -0.357 e. The van der Waals surface area contributed by atoms with Crippen molar-refractivity contribution in [2.75, 3.05) is 19.6 Å². The van der Waals surface area contributed by atoms with Gasteiger partial charge in [-0.2, -0.15) is 0 Å². The number of nitrogens with zero attached hydrogens (tertiary/aromatic N) is 2. The smallest absolute Gasteiger partial charge is 0.191 e. The minimum atomic E-state index is 0. The van der Waals surface area contributed by atoms with Crippen molar-refractivity contribution < 1.29 is 0 Å². The van der Waals surface area contributed by atoms with Crippen LogP contribution in [0.5, 0.6) is 0 Å². The summed E-state index contributed by atoms with van der Waals surface area (Å²) in [5.41, 5.74) is 0. The highest BCUT2D eigenvalue weighted by molar-refractivity contribution is 14.0. The second kappa shape index (κ2) is 12.2. The fourth-order valence-electron chi connectivity index (χ4n) is 1.91. The maximum Gasteiger partial charge on any atom is 0.191 e. The van der Waals surface area contributed by atoms with Crippen LogP contribution in [0.15, 0.2) is 11.2 Å². The maximum atomic E-state index is 4.67. The normalized spacial score (nSPS) is 11.4. The van der Waals surface area contributed by atoms with Gasteiger partial charge in [0.1, 0.15) is 0 Å². The first-order chi connectivity index (χ1) is 9.69. The van der Waals surface area contributed by atoms with E-state index in [4.69, 9.17) is 0 Å². The second-order valence-electron chi connectivity index (χ2n) is 4.94. The van der Waals surface area contributed by atoms with Crippen LogP contribution in [-0.4, -0.2) is 30.6 Å². The SMILES string of the molecule is CCNC(=NCC(CC)CC)NCCc1ncc(C)s1.I. The van der Waals surface area contributed by atoms with Crippen LogP contribution in [0, 0.1) is 12.8 Å². The number of thiazole rings is 1. The molecule has 2 N–H and O–H groups in total. The number of hydrogen-bond acceptors (Lipinski definition) is 3. The van der Waals surface area contributed by atoms with Crippen LogP contribution < -0.4 is 10.6 Å². The summed E-state index contributed by atoms with van der Waals surface area (Å²) < 4.78 is 0. The molecule has 0 unspecified atom stereocenters. The maximum absolute atomic E-state index is 4.67. The summed E-state index contributed by atoms with van der Waals surface area (Å²) in [5, 5.41) is 7.87. The van der Waals surface area contributed by atoms with E-state index in [9.17, 15) is 0 Å². The lowest BCUT2D eigenvalue weighted by Crippen LogP contribution is -2.38. The van der Waals surface area contributed by atoms with Gasteiger partial charge < -0.3 is 10.6 Å². The van der Waals surface area contributed by atoms with E-state index in [0.29, 0.717) is 5.92 Å². The number of aromatic nitrogens is 1. The minimum absolute atomic E-state index is 0. The molecule has 21 heavy (non-hydrogen) atoms. The molecule has 0 saturated heterocycles. The molecule has 1 heterocycles. The number of aliphatic imine (C=N–C) groups is 1. The van der Waals surface area contributed by atoms with Gasteiger partial charge in [0.15, 0.2) is 5.96 Å². The standard InChI is InChI=1S/C15H28N4S.HI/c1-5-13(6-2)11-19-15(16-7-3)17-9-8-14-18-10-12(4)20-14;/h10,13H,5-9,11H2,1-4H3,(H2,16,17,19);1H. The quantitative estimate of drug-likeness (QED) is 0.381. The van der Waals surface area contributed by atoms with Crippen LogP contribution in [-0.2, 0) is 6.42 Å². The van der Waals surface area contributed by atoms with Gasteiger partial charge in [-0.1, -0.05) is 26.7 Å². The lowest BCUT2D eigenvalue weighted by Gasteiger charge is -2.13. The third-order valence-corrected chi connectivity index (χ3v) is 4.28. The Bertz CT molecular complexity index is 402. The predicted molar refractivity (Wildman–Crippen MR) is 104 cm³/mol. The van der Waals surface area contributed by atoms with Crippen molar-refractivity contribution in [3.8, 4) is 0 Å². The zero-order valence-corrected chi connectivity index (χ0v) is 16.8. The predicted octanol–water partition coefficient (Wildman–Crippen LogP) is 3.60. The van der Waals surface area contributed by atoms with E-state index < -0.39 is 0 Å². The van der Waals surface area contributed by atoms with Crippen LogP contribution >= 0.6 is 35.3 Å². The van der Waals surface area contributed by atoms with E-state index in [1.54, 1.807) is 11.3 Å². The Morgan fingerprint density at radius 2 is 2.00 bits per heavy atom. The van der Waals surface area contributed by atoms with Crippen molar-refractivity contribution in [2.24, 2.45) is 10.9 Å². The number of aryl methyl sites for hydroxylation is 1. The van der Waals surface area contributed by atoms with Crippen molar-refractivity contribution in [1.29, 1.82) is 0 Å². The first-order valence-corrected chi connectivity index (χ1v) is 8.44. The first-order valence-electron chi connectivity index (χ1n) is 7.63. The molecule has 0 aliphatic carbocycles. The van der Waals surface area contributed by atoms with Gasteiger partial charge in [0.25, 0.3) is 0 Å². The van der Waals surface area contributed by atoms with Gasteiger partial charge in [-0.15, -0.1) is 35.3 Å². The topological polar surface area (TPSA) is 49.3 Å². The van der Waals surface area contributed by atoms with E-state index in [1.165, 1.54) is 22.7 Å². The summed E-state index contributed by atoms with van der Waals surface area (Å²) in [7, 11) is 0. The summed E-state index contributed by atoms with van der Waals surface area (Å²) >= 11 is 1.77. The lowest BCUT2D eigenvalue weighted by molar-refractivity contribution is 0.504.